The van der Waals surface area contributed by atoms with Crippen LogP contribution in [0.1, 0.15) is 34.9 Å². The van der Waals surface area contributed by atoms with Gasteiger partial charge in [-0.2, -0.15) is 0 Å². The first-order chi connectivity index (χ1) is 8.13. The molecule has 1 N–H and O–H groups in total. The molecule has 1 rings (SSSR count). The van der Waals surface area contributed by atoms with Crippen LogP contribution in [-0.4, -0.2) is 22.6 Å². The van der Waals surface area contributed by atoms with Crippen molar-refractivity contribution in [3.8, 4) is 5.88 Å². The highest BCUT2D eigenvalue weighted by molar-refractivity contribution is 7.15. The second-order valence-corrected chi connectivity index (χ2v) is 4.19. The predicted molar refractivity (Wildman–Crippen MR) is 70.7 cm³/mol. The Labute approximate surface area is 104 Å². The summed E-state index contributed by atoms with van der Waals surface area (Å²) in [5.74, 6) is -0.302. The third kappa shape index (κ3) is 3.10. The SMILES string of the molecule is C=N/C=C\C(=C/C)c1nc(O)c(C(=O)CC)s1. The Kier molecular flexibility index (Phi) is 4.78. The fourth-order valence-corrected chi connectivity index (χ4v) is 2.23. The first-order valence-electron chi connectivity index (χ1n) is 5.16. The second kappa shape index (κ2) is 6.10. The van der Waals surface area contributed by atoms with E-state index in [1.54, 1.807) is 13.0 Å². The average molecular weight is 250 g/mol. The van der Waals surface area contributed by atoms with Crippen LogP contribution >= 0.6 is 11.3 Å². The summed E-state index contributed by atoms with van der Waals surface area (Å²) in [6.07, 6.45) is 5.45. The third-order valence-corrected chi connectivity index (χ3v) is 3.24. The number of Topliss-reactive ketones (excluding diaryl/α,β-unsaturated/α-hetero) is 1. The van der Waals surface area contributed by atoms with Gasteiger partial charge in [-0.05, 0) is 19.7 Å². The first kappa shape index (κ1) is 13.3. The van der Waals surface area contributed by atoms with Crippen molar-refractivity contribution >= 4 is 29.4 Å². The number of hydrogen-bond acceptors (Lipinski definition) is 5. The highest BCUT2D eigenvalue weighted by Crippen LogP contribution is 2.30. The zero-order chi connectivity index (χ0) is 12.8. The lowest BCUT2D eigenvalue weighted by atomic mass is 10.2. The van der Waals surface area contributed by atoms with Gasteiger partial charge in [0.05, 0.1) is 0 Å². The van der Waals surface area contributed by atoms with Crippen LogP contribution in [-0.2, 0) is 0 Å². The molecule has 0 radical (unpaired) electrons. The molecule has 0 aliphatic carbocycles. The van der Waals surface area contributed by atoms with Gasteiger partial charge >= 0.3 is 0 Å². The van der Waals surface area contributed by atoms with Crippen molar-refractivity contribution in [1.82, 2.24) is 4.98 Å². The summed E-state index contributed by atoms with van der Waals surface area (Å²) in [7, 11) is 0. The van der Waals surface area contributed by atoms with Crippen molar-refractivity contribution in [3.05, 3.63) is 28.2 Å². The average Bonchev–Trinajstić information content (AvgIpc) is 2.71. The maximum atomic E-state index is 11.5. The van der Waals surface area contributed by atoms with Gasteiger partial charge in [0.1, 0.15) is 9.88 Å². The lowest BCUT2D eigenvalue weighted by Crippen LogP contribution is -1.92. The molecule has 0 bridgehead atoms. The van der Waals surface area contributed by atoms with Crippen molar-refractivity contribution < 1.29 is 9.90 Å². The van der Waals surface area contributed by atoms with Crippen LogP contribution < -0.4 is 0 Å². The number of aliphatic imine (C=N–C) groups is 1. The van der Waals surface area contributed by atoms with Gasteiger partial charge in [0, 0.05) is 18.2 Å². The Morgan fingerprint density at radius 1 is 1.65 bits per heavy atom. The molecular weight excluding hydrogens is 236 g/mol. The molecule has 4 nitrogen and oxygen atoms in total. The van der Waals surface area contributed by atoms with E-state index in [0.717, 1.165) is 5.57 Å². The number of hydrogen-bond donors (Lipinski definition) is 1. The number of aromatic nitrogens is 1. The number of aromatic hydroxyl groups is 1. The molecule has 1 aromatic heterocycles. The highest BCUT2D eigenvalue weighted by Gasteiger charge is 2.16. The molecule has 0 spiro atoms. The Hall–Kier alpha value is -1.75. The summed E-state index contributed by atoms with van der Waals surface area (Å²) in [5.41, 5.74) is 0.799. The number of carbonyl (C=O) groups is 1. The molecule has 0 aliphatic heterocycles. The molecular formula is C12H14N2O2S. The molecule has 0 fully saturated rings. The van der Waals surface area contributed by atoms with Crippen LogP contribution in [0.25, 0.3) is 5.57 Å². The van der Waals surface area contributed by atoms with Gasteiger partial charge in [-0.15, -0.1) is 11.3 Å². The highest BCUT2D eigenvalue weighted by atomic mass is 32.1. The maximum Gasteiger partial charge on any atom is 0.233 e. The predicted octanol–water partition coefficient (Wildman–Crippen LogP) is 3.06. The van der Waals surface area contributed by atoms with Gasteiger partial charge < -0.3 is 5.11 Å². The number of thiazole rings is 1. The van der Waals surface area contributed by atoms with Gasteiger partial charge in [0.15, 0.2) is 5.78 Å². The van der Waals surface area contributed by atoms with Crippen LogP contribution in [0.2, 0.25) is 0 Å². The summed E-state index contributed by atoms with van der Waals surface area (Å²) in [6.45, 7) is 6.94. The molecule has 1 heterocycles. The van der Waals surface area contributed by atoms with E-state index in [-0.39, 0.29) is 11.7 Å². The van der Waals surface area contributed by atoms with Crippen LogP contribution in [0.3, 0.4) is 0 Å². The Balaban J connectivity index is 3.12. The van der Waals surface area contributed by atoms with E-state index >= 15 is 0 Å². The minimum atomic E-state index is -0.198. The van der Waals surface area contributed by atoms with Crippen LogP contribution in [0.5, 0.6) is 5.88 Å². The summed E-state index contributed by atoms with van der Waals surface area (Å²) in [5, 5.41) is 10.2. The molecule has 0 unspecified atom stereocenters. The zero-order valence-corrected chi connectivity index (χ0v) is 10.6. The van der Waals surface area contributed by atoms with E-state index in [1.165, 1.54) is 17.5 Å². The normalized spacial score (nSPS) is 12.0. The summed E-state index contributed by atoms with van der Waals surface area (Å²) >= 11 is 1.18. The fourth-order valence-electron chi connectivity index (χ4n) is 1.20. The minimum Gasteiger partial charge on any atom is -0.492 e. The lowest BCUT2D eigenvalue weighted by molar-refractivity contribution is 0.0989. The zero-order valence-electron chi connectivity index (χ0n) is 9.80. The van der Waals surface area contributed by atoms with E-state index < -0.39 is 0 Å². The number of nitrogens with zero attached hydrogens (tertiary/aromatic N) is 2. The van der Waals surface area contributed by atoms with Crippen LogP contribution in [0, 0.1) is 0 Å². The molecule has 0 aliphatic rings. The van der Waals surface area contributed by atoms with Crippen molar-refractivity contribution in [2.24, 2.45) is 4.99 Å². The lowest BCUT2D eigenvalue weighted by Gasteiger charge is -1.93. The Morgan fingerprint density at radius 3 is 2.88 bits per heavy atom. The molecule has 0 saturated heterocycles. The summed E-state index contributed by atoms with van der Waals surface area (Å²) in [6, 6.07) is 0. The molecule has 0 atom stereocenters. The molecule has 0 aromatic carbocycles. The first-order valence-corrected chi connectivity index (χ1v) is 5.97. The molecule has 1 aromatic rings. The van der Waals surface area contributed by atoms with Crippen LogP contribution in [0.4, 0.5) is 0 Å². The van der Waals surface area contributed by atoms with E-state index in [2.05, 4.69) is 16.7 Å². The van der Waals surface area contributed by atoms with Gasteiger partial charge in [-0.1, -0.05) is 13.0 Å². The standard InChI is InChI=1S/C12H14N2O2S/c1-4-8(6-7-13-3)12-14-11(16)10(17-12)9(15)5-2/h4,6-7,16H,3,5H2,1-2H3/b7-6-,8-4+. The van der Waals surface area contributed by atoms with E-state index in [0.29, 0.717) is 16.3 Å². The second-order valence-electron chi connectivity index (χ2n) is 3.19. The van der Waals surface area contributed by atoms with Gasteiger partial charge in [-0.25, -0.2) is 4.98 Å². The van der Waals surface area contributed by atoms with Crippen LogP contribution in [0.15, 0.2) is 23.3 Å². The minimum absolute atomic E-state index is 0.104. The molecule has 90 valence electrons. The van der Waals surface area contributed by atoms with Gasteiger partial charge in [0.2, 0.25) is 5.88 Å². The Morgan fingerprint density at radius 2 is 2.35 bits per heavy atom. The van der Waals surface area contributed by atoms with Gasteiger partial charge in [-0.3, -0.25) is 9.79 Å². The molecule has 5 heteroatoms. The summed E-state index contributed by atoms with van der Waals surface area (Å²) in [4.78, 5) is 19.4. The number of ketones is 1. The quantitative estimate of drug-likeness (QED) is 0.496. The monoisotopic (exact) mass is 250 g/mol. The summed E-state index contributed by atoms with van der Waals surface area (Å²) < 4.78 is 0. The van der Waals surface area contributed by atoms with Crippen molar-refractivity contribution in [2.45, 2.75) is 20.3 Å². The van der Waals surface area contributed by atoms with Gasteiger partial charge in [0.25, 0.3) is 0 Å². The number of allylic oxidation sites excluding steroid dienone is 3. The third-order valence-electron chi connectivity index (χ3n) is 2.10. The Bertz CT molecular complexity index is 487. The topological polar surface area (TPSA) is 62.6 Å². The molecule has 17 heavy (non-hydrogen) atoms. The molecule has 0 saturated carbocycles. The number of carbonyl (C=O) groups excluding carboxylic acids is 1. The smallest absolute Gasteiger partial charge is 0.233 e. The molecule has 0 amide bonds. The maximum absolute atomic E-state index is 11.5. The van der Waals surface area contributed by atoms with E-state index in [1.807, 2.05) is 13.0 Å². The van der Waals surface area contributed by atoms with E-state index in [9.17, 15) is 9.90 Å². The number of rotatable bonds is 5. The fraction of sp³-hybridized carbons (Fsp3) is 0.250. The van der Waals surface area contributed by atoms with Crippen molar-refractivity contribution in [1.29, 1.82) is 0 Å². The van der Waals surface area contributed by atoms with E-state index in [4.69, 9.17) is 0 Å². The van der Waals surface area contributed by atoms with Crippen molar-refractivity contribution in [3.63, 3.8) is 0 Å². The van der Waals surface area contributed by atoms with Crippen molar-refractivity contribution in [2.75, 3.05) is 0 Å². The largest absolute Gasteiger partial charge is 0.492 e.